The topological polar surface area (TPSA) is 111 Å². The number of amides is 2. The normalized spacial score (nSPS) is 11.1. The number of carbonyl (C=O) groups excluding carboxylic acids is 4. The molecule has 0 heterocycles. The number of anilines is 2. The van der Waals surface area contributed by atoms with Gasteiger partial charge >= 0.3 is 18.1 Å². The number of nitrogens with one attached hydrogen (secondary N) is 2. The minimum absolute atomic E-state index is 0.125. The SMILES string of the molecule is CC(C)COC(=O)c1ccc(NC(=O)CCC(=O)OCC(=O)Nc2cc(C(F)(F)F)ccc2Cl)cc1. The van der Waals surface area contributed by atoms with Crippen molar-refractivity contribution < 1.29 is 41.8 Å². The molecule has 2 rings (SSSR count). The fourth-order valence-corrected chi connectivity index (χ4v) is 2.82. The van der Waals surface area contributed by atoms with Crippen LogP contribution < -0.4 is 10.6 Å². The second-order valence-electron chi connectivity index (χ2n) is 8.02. The fourth-order valence-electron chi connectivity index (χ4n) is 2.66. The summed E-state index contributed by atoms with van der Waals surface area (Å²) in [5.74, 6) is -2.56. The molecule has 0 atom stereocenters. The van der Waals surface area contributed by atoms with E-state index in [0.29, 0.717) is 17.3 Å². The van der Waals surface area contributed by atoms with Gasteiger partial charge in [0.05, 0.1) is 34.9 Å². The van der Waals surface area contributed by atoms with Gasteiger partial charge in [0.2, 0.25) is 5.91 Å². The molecule has 0 spiro atoms. The van der Waals surface area contributed by atoms with Crippen molar-refractivity contribution in [3.05, 3.63) is 58.6 Å². The Bertz CT molecular complexity index is 1100. The Balaban J connectivity index is 1.75. The molecule has 0 saturated heterocycles. The van der Waals surface area contributed by atoms with E-state index in [9.17, 15) is 32.3 Å². The highest BCUT2D eigenvalue weighted by molar-refractivity contribution is 6.33. The van der Waals surface area contributed by atoms with E-state index in [2.05, 4.69) is 10.6 Å². The molecule has 2 aromatic carbocycles. The average molecular weight is 529 g/mol. The van der Waals surface area contributed by atoms with Crippen molar-refractivity contribution in [2.45, 2.75) is 32.9 Å². The molecule has 12 heteroatoms. The largest absolute Gasteiger partial charge is 0.462 e. The summed E-state index contributed by atoms with van der Waals surface area (Å²) in [5.41, 5.74) is -0.579. The van der Waals surface area contributed by atoms with Gasteiger partial charge in [-0.05, 0) is 48.4 Å². The first-order chi connectivity index (χ1) is 16.8. The molecular weight excluding hydrogens is 505 g/mol. The van der Waals surface area contributed by atoms with Crippen LogP contribution in [0.3, 0.4) is 0 Å². The number of hydrogen-bond donors (Lipinski definition) is 2. The fraction of sp³-hybridized carbons (Fsp3) is 0.333. The summed E-state index contributed by atoms with van der Waals surface area (Å²) in [7, 11) is 0. The minimum atomic E-state index is -4.63. The Labute approximate surface area is 210 Å². The number of rotatable bonds is 10. The lowest BCUT2D eigenvalue weighted by atomic mass is 10.2. The number of carbonyl (C=O) groups is 4. The second-order valence-corrected chi connectivity index (χ2v) is 8.43. The van der Waals surface area contributed by atoms with Crippen LogP contribution in [-0.2, 0) is 30.0 Å². The monoisotopic (exact) mass is 528 g/mol. The van der Waals surface area contributed by atoms with Crippen LogP contribution in [-0.4, -0.2) is 37.0 Å². The Morgan fingerprint density at radius 1 is 0.917 bits per heavy atom. The number of esters is 2. The molecule has 2 amide bonds. The van der Waals surface area contributed by atoms with Crippen LogP contribution in [0.5, 0.6) is 0 Å². The van der Waals surface area contributed by atoms with E-state index < -0.39 is 42.1 Å². The summed E-state index contributed by atoms with van der Waals surface area (Å²) in [6.07, 6.45) is -5.22. The van der Waals surface area contributed by atoms with E-state index in [0.717, 1.165) is 12.1 Å². The zero-order valence-electron chi connectivity index (χ0n) is 19.4. The van der Waals surface area contributed by atoms with Crippen LogP contribution in [0.2, 0.25) is 5.02 Å². The zero-order chi connectivity index (χ0) is 26.9. The van der Waals surface area contributed by atoms with Gasteiger partial charge in [-0.25, -0.2) is 4.79 Å². The lowest BCUT2D eigenvalue weighted by Crippen LogP contribution is -2.22. The van der Waals surface area contributed by atoms with E-state index >= 15 is 0 Å². The third kappa shape index (κ3) is 9.57. The maximum atomic E-state index is 12.8. The first kappa shape index (κ1) is 28.6. The smallest absolute Gasteiger partial charge is 0.416 e. The van der Waals surface area contributed by atoms with E-state index in [4.69, 9.17) is 21.1 Å². The molecule has 0 bridgehead atoms. The second kappa shape index (κ2) is 12.9. The van der Waals surface area contributed by atoms with Crippen molar-refractivity contribution in [1.29, 1.82) is 0 Å². The van der Waals surface area contributed by atoms with Crippen LogP contribution in [0, 0.1) is 5.92 Å². The van der Waals surface area contributed by atoms with Gasteiger partial charge in [-0.3, -0.25) is 14.4 Å². The van der Waals surface area contributed by atoms with Crippen LogP contribution in [0.1, 0.15) is 42.6 Å². The number of alkyl halides is 3. The van der Waals surface area contributed by atoms with Crippen molar-refractivity contribution in [1.82, 2.24) is 0 Å². The standard InChI is InChI=1S/C24H24ClF3N2O6/c1-14(2)12-36-23(34)15-3-6-17(7-4-15)29-20(31)9-10-22(33)35-13-21(32)30-19-11-16(24(26,27)28)5-8-18(19)25/h3-8,11,14H,9-10,12-13H2,1-2H3,(H,29,31)(H,30,32). The summed E-state index contributed by atoms with van der Waals surface area (Å²) in [6, 6.07) is 8.39. The molecule has 0 aliphatic heterocycles. The molecular formula is C24H24ClF3N2O6. The Kier molecular flexibility index (Phi) is 10.3. The number of ether oxygens (including phenoxy) is 2. The predicted octanol–water partition coefficient (Wildman–Crippen LogP) is 5.07. The third-order valence-electron chi connectivity index (χ3n) is 4.44. The lowest BCUT2D eigenvalue weighted by Gasteiger charge is -2.12. The van der Waals surface area contributed by atoms with Gasteiger partial charge < -0.3 is 20.1 Å². The summed E-state index contributed by atoms with van der Waals surface area (Å²) in [6.45, 7) is 3.33. The van der Waals surface area contributed by atoms with E-state index in [1.54, 1.807) is 0 Å². The summed E-state index contributed by atoms with van der Waals surface area (Å²) >= 11 is 5.80. The molecule has 0 aliphatic carbocycles. The summed E-state index contributed by atoms with van der Waals surface area (Å²) in [4.78, 5) is 47.7. The van der Waals surface area contributed by atoms with Gasteiger partial charge in [-0.1, -0.05) is 25.4 Å². The molecule has 0 unspecified atom stereocenters. The summed E-state index contributed by atoms with van der Waals surface area (Å²) in [5, 5.41) is 4.57. The number of hydrogen-bond acceptors (Lipinski definition) is 6. The number of benzene rings is 2. The van der Waals surface area contributed by atoms with Gasteiger partial charge in [0.1, 0.15) is 0 Å². The van der Waals surface area contributed by atoms with Crippen LogP contribution in [0.25, 0.3) is 0 Å². The molecule has 36 heavy (non-hydrogen) atoms. The molecule has 194 valence electrons. The van der Waals surface area contributed by atoms with E-state index in [1.165, 1.54) is 24.3 Å². The lowest BCUT2D eigenvalue weighted by molar-refractivity contribution is -0.147. The molecule has 8 nitrogen and oxygen atoms in total. The van der Waals surface area contributed by atoms with Crippen molar-refractivity contribution in [2.75, 3.05) is 23.8 Å². The van der Waals surface area contributed by atoms with Crippen molar-refractivity contribution in [2.24, 2.45) is 5.92 Å². The average Bonchev–Trinajstić information content (AvgIpc) is 2.81. The molecule has 2 aromatic rings. The molecule has 0 aromatic heterocycles. The van der Waals surface area contributed by atoms with Crippen LogP contribution in [0.15, 0.2) is 42.5 Å². The maximum absolute atomic E-state index is 12.8. The Morgan fingerprint density at radius 3 is 2.19 bits per heavy atom. The minimum Gasteiger partial charge on any atom is -0.462 e. The van der Waals surface area contributed by atoms with Gasteiger partial charge in [-0.15, -0.1) is 0 Å². The number of halogens is 4. The van der Waals surface area contributed by atoms with E-state index in [-0.39, 0.29) is 36.1 Å². The first-order valence-corrected chi connectivity index (χ1v) is 11.1. The molecule has 0 saturated carbocycles. The molecule has 0 fully saturated rings. The molecule has 0 radical (unpaired) electrons. The van der Waals surface area contributed by atoms with Crippen LogP contribution in [0.4, 0.5) is 24.5 Å². The van der Waals surface area contributed by atoms with E-state index in [1.807, 2.05) is 13.8 Å². The van der Waals surface area contributed by atoms with Gasteiger partial charge in [0.15, 0.2) is 6.61 Å². The Morgan fingerprint density at radius 2 is 1.58 bits per heavy atom. The van der Waals surface area contributed by atoms with Crippen LogP contribution >= 0.6 is 11.6 Å². The third-order valence-corrected chi connectivity index (χ3v) is 4.77. The quantitative estimate of drug-likeness (QED) is 0.416. The first-order valence-electron chi connectivity index (χ1n) is 10.7. The van der Waals surface area contributed by atoms with Gasteiger partial charge in [0, 0.05) is 12.1 Å². The maximum Gasteiger partial charge on any atom is 0.416 e. The van der Waals surface area contributed by atoms with Gasteiger partial charge in [0.25, 0.3) is 5.91 Å². The summed E-state index contributed by atoms with van der Waals surface area (Å²) < 4.78 is 48.3. The van der Waals surface area contributed by atoms with Crippen molar-refractivity contribution >= 4 is 46.7 Å². The van der Waals surface area contributed by atoms with Crippen molar-refractivity contribution in [3.63, 3.8) is 0 Å². The van der Waals surface area contributed by atoms with Crippen molar-refractivity contribution in [3.8, 4) is 0 Å². The highest BCUT2D eigenvalue weighted by Gasteiger charge is 2.31. The molecule has 2 N–H and O–H groups in total. The highest BCUT2D eigenvalue weighted by Crippen LogP contribution is 2.33. The predicted molar refractivity (Wildman–Crippen MR) is 125 cm³/mol. The van der Waals surface area contributed by atoms with Gasteiger partial charge in [-0.2, -0.15) is 13.2 Å². The Hall–Kier alpha value is -3.60. The molecule has 0 aliphatic rings. The zero-order valence-corrected chi connectivity index (χ0v) is 20.2. The highest BCUT2D eigenvalue weighted by atomic mass is 35.5.